The van der Waals surface area contributed by atoms with Gasteiger partial charge in [0.2, 0.25) is 0 Å². The first kappa shape index (κ1) is 17.7. The standard InChI is InChI=1S/C17H19Cl2NO3/c1-20-11-12-3-5-14(21-2)10-16(12)22-7-8-23-17-9-13(18)4-6-15(17)19/h3-6,9-10,20H,7-8,11H2,1-2H3. The molecule has 0 spiro atoms. The molecule has 0 aliphatic rings. The summed E-state index contributed by atoms with van der Waals surface area (Å²) in [4.78, 5) is 0. The monoisotopic (exact) mass is 355 g/mol. The van der Waals surface area contributed by atoms with Crippen LogP contribution in [0.15, 0.2) is 36.4 Å². The molecule has 0 fully saturated rings. The molecule has 0 aromatic heterocycles. The minimum absolute atomic E-state index is 0.357. The van der Waals surface area contributed by atoms with Crippen molar-refractivity contribution in [1.82, 2.24) is 5.32 Å². The summed E-state index contributed by atoms with van der Waals surface area (Å²) in [5, 5.41) is 4.21. The Hall–Kier alpha value is -1.62. The highest BCUT2D eigenvalue weighted by molar-refractivity contribution is 6.34. The summed E-state index contributed by atoms with van der Waals surface area (Å²) in [6, 6.07) is 10.8. The largest absolute Gasteiger partial charge is 0.497 e. The molecule has 0 heterocycles. The lowest BCUT2D eigenvalue weighted by Gasteiger charge is -2.14. The summed E-state index contributed by atoms with van der Waals surface area (Å²) in [6.45, 7) is 1.45. The van der Waals surface area contributed by atoms with Crippen molar-refractivity contribution in [3.8, 4) is 17.2 Å². The zero-order valence-electron chi connectivity index (χ0n) is 13.1. The van der Waals surface area contributed by atoms with Crippen molar-refractivity contribution in [2.75, 3.05) is 27.4 Å². The van der Waals surface area contributed by atoms with Gasteiger partial charge in [-0.25, -0.2) is 0 Å². The van der Waals surface area contributed by atoms with E-state index < -0.39 is 0 Å². The zero-order chi connectivity index (χ0) is 16.7. The predicted molar refractivity (Wildman–Crippen MR) is 93.2 cm³/mol. The van der Waals surface area contributed by atoms with Crippen LogP contribution in [0.4, 0.5) is 0 Å². The van der Waals surface area contributed by atoms with Crippen LogP contribution in [0.1, 0.15) is 5.56 Å². The van der Waals surface area contributed by atoms with Crippen LogP contribution in [0.5, 0.6) is 17.2 Å². The molecule has 0 bridgehead atoms. The molecule has 124 valence electrons. The molecule has 0 atom stereocenters. The Kier molecular flexibility index (Phi) is 6.84. The smallest absolute Gasteiger partial charge is 0.139 e. The fourth-order valence-corrected chi connectivity index (χ4v) is 2.36. The van der Waals surface area contributed by atoms with Crippen molar-refractivity contribution >= 4 is 23.2 Å². The quantitative estimate of drug-likeness (QED) is 0.721. The Morgan fingerprint density at radius 3 is 2.39 bits per heavy atom. The number of methoxy groups -OCH3 is 1. The average Bonchev–Trinajstić information content (AvgIpc) is 2.56. The van der Waals surface area contributed by atoms with E-state index in [2.05, 4.69) is 5.32 Å². The van der Waals surface area contributed by atoms with E-state index >= 15 is 0 Å². The Labute approximate surface area is 146 Å². The Morgan fingerprint density at radius 1 is 0.957 bits per heavy atom. The highest BCUT2D eigenvalue weighted by atomic mass is 35.5. The third-order valence-electron chi connectivity index (χ3n) is 3.13. The van der Waals surface area contributed by atoms with E-state index in [1.165, 1.54) is 0 Å². The zero-order valence-corrected chi connectivity index (χ0v) is 14.6. The Balaban J connectivity index is 1.94. The van der Waals surface area contributed by atoms with E-state index in [-0.39, 0.29) is 0 Å². The molecule has 0 saturated heterocycles. The first-order valence-corrected chi connectivity index (χ1v) is 7.92. The van der Waals surface area contributed by atoms with Crippen LogP contribution in [0, 0.1) is 0 Å². The van der Waals surface area contributed by atoms with E-state index in [0.29, 0.717) is 35.6 Å². The highest BCUT2D eigenvalue weighted by Gasteiger charge is 2.07. The first-order valence-electron chi connectivity index (χ1n) is 7.16. The lowest BCUT2D eigenvalue weighted by molar-refractivity contribution is 0.215. The second kappa shape index (κ2) is 8.87. The van der Waals surface area contributed by atoms with Gasteiger partial charge in [0.15, 0.2) is 0 Å². The molecule has 0 aliphatic carbocycles. The number of hydrogen-bond donors (Lipinski definition) is 1. The van der Waals surface area contributed by atoms with Crippen LogP contribution in [0.2, 0.25) is 10.0 Å². The van der Waals surface area contributed by atoms with Gasteiger partial charge in [0.1, 0.15) is 30.5 Å². The van der Waals surface area contributed by atoms with Gasteiger partial charge < -0.3 is 19.5 Å². The van der Waals surface area contributed by atoms with Crippen molar-refractivity contribution in [2.24, 2.45) is 0 Å². The van der Waals surface area contributed by atoms with E-state index in [1.54, 1.807) is 25.3 Å². The summed E-state index contributed by atoms with van der Waals surface area (Å²) in [5.41, 5.74) is 1.05. The predicted octanol–water partition coefficient (Wildman–Crippen LogP) is 4.18. The van der Waals surface area contributed by atoms with Crippen molar-refractivity contribution in [3.63, 3.8) is 0 Å². The van der Waals surface area contributed by atoms with E-state index in [0.717, 1.165) is 17.1 Å². The normalized spacial score (nSPS) is 10.4. The van der Waals surface area contributed by atoms with Crippen LogP contribution < -0.4 is 19.5 Å². The Morgan fingerprint density at radius 2 is 1.70 bits per heavy atom. The van der Waals surface area contributed by atoms with Gasteiger partial charge in [-0.2, -0.15) is 0 Å². The van der Waals surface area contributed by atoms with Crippen molar-refractivity contribution in [1.29, 1.82) is 0 Å². The van der Waals surface area contributed by atoms with Gasteiger partial charge in [-0.15, -0.1) is 0 Å². The maximum Gasteiger partial charge on any atom is 0.139 e. The van der Waals surface area contributed by atoms with Gasteiger partial charge in [0, 0.05) is 29.3 Å². The van der Waals surface area contributed by atoms with Gasteiger partial charge in [0.05, 0.1) is 12.1 Å². The number of halogens is 2. The number of nitrogens with one attached hydrogen (secondary N) is 1. The second-order valence-electron chi connectivity index (χ2n) is 4.78. The van der Waals surface area contributed by atoms with Gasteiger partial charge in [-0.3, -0.25) is 0 Å². The van der Waals surface area contributed by atoms with Crippen LogP contribution in [-0.2, 0) is 6.54 Å². The van der Waals surface area contributed by atoms with Crippen LogP contribution in [0.25, 0.3) is 0 Å². The third kappa shape index (κ3) is 5.20. The molecule has 2 rings (SSSR count). The summed E-state index contributed by atoms with van der Waals surface area (Å²) in [7, 11) is 3.51. The average molecular weight is 356 g/mol. The molecule has 0 saturated carbocycles. The molecule has 4 nitrogen and oxygen atoms in total. The summed E-state index contributed by atoms with van der Waals surface area (Å²) in [6.07, 6.45) is 0. The molecule has 2 aromatic rings. The molecule has 6 heteroatoms. The molecular weight excluding hydrogens is 337 g/mol. The van der Waals surface area contributed by atoms with Gasteiger partial charge in [0.25, 0.3) is 0 Å². The molecule has 0 unspecified atom stereocenters. The molecule has 23 heavy (non-hydrogen) atoms. The lowest BCUT2D eigenvalue weighted by Crippen LogP contribution is -2.12. The minimum Gasteiger partial charge on any atom is -0.497 e. The second-order valence-corrected chi connectivity index (χ2v) is 5.62. The fraction of sp³-hybridized carbons (Fsp3) is 0.294. The van der Waals surface area contributed by atoms with Crippen molar-refractivity contribution in [2.45, 2.75) is 6.54 Å². The lowest BCUT2D eigenvalue weighted by atomic mass is 10.2. The SMILES string of the molecule is CNCc1ccc(OC)cc1OCCOc1cc(Cl)ccc1Cl. The fourth-order valence-electron chi connectivity index (χ4n) is 2.02. The number of rotatable bonds is 8. The number of hydrogen-bond acceptors (Lipinski definition) is 4. The molecule has 2 aromatic carbocycles. The van der Waals surface area contributed by atoms with E-state index in [4.69, 9.17) is 37.4 Å². The van der Waals surface area contributed by atoms with Gasteiger partial charge in [-0.05, 0) is 25.2 Å². The molecular formula is C17H19Cl2NO3. The summed E-state index contributed by atoms with van der Waals surface area (Å²) in [5.74, 6) is 2.06. The molecule has 0 aliphatic heterocycles. The topological polar surface area (TPSA) is 39.7 Å². The maximum atomic E-state index is 6.05. The third-order valence-corrected chi connectivity index (χ3v) is 3.68. The molecule has 0 amide bonds. The molecule has 1 N–H and O–H groups in total. The Bertz CT molecular complexity index is 650. The summed E-state index contributed by atoms with van der Waals surface area (Å²) < 4.78 is 16.6. The van der Waals surface area contributed by atoms with Crippen LogP contribution >= 0.6 is 23.2 Å². The highest BCUT2D eigenvalue weighted by Crippen LogP contribution is 2.28. The van der Waals surface area contributed by atoms with E-state index in [9.17, 15) is 0 Å². The van der Waals surface area contributed by atoms with Crippen LogP contribution in [0.3, 0.4) is 0 Å². The minimum atomic E-state index is 0.357. The van der Waals surface area contributed by atoms with E-state index in [1.807, 2.05) is 25.2 Å². The number of benzene rings is 2. The van der Waals surface area contributed by atoms with Gasteiger partial charge in [-0.1, -0.05) is 29.3 Å². The first-order chi connectivity index (χ1) is 11.1. The van der Waals surface area contributed by atoms with Crippen molar-refractivity contribution < 1.29 is 14.2 Å². The van der Waals surface area contributed by atoms with Crippen LogP contribution in [-0.4, -0.2) is 27.4 Å². The maximum absolute atomic E-state index is 6.05. The number of ether oxygens (including phenoxy) is 3. The van der Waals surface area contributed by atoms with Crippen molar-refractivity contribution in [3.05, 3.63) is 52.0 Å². The van der Waals surface area contributed by atoms with Gasteiger partial charge >= 0.3 is 0 Å². The molecule has 0 radical (unpaired) electrons. The summed E-state index contributed by atoms with van der Waals surface area (Å²) >= 11 is 12.0.